The van der Waals surface area contributed by atoms with E-state index in [2.05, 4.69) is 10.6 Å². The van der Waals surface area contributed by atoms with Crippen LogP contribution in [-0.2, 0) is 11.2 Å². The van der Waals surface area contributed by atoms with E-state index >= 15 is 0 Å². The van der Waals surface area contributed by atoms with E-state index in [-0.39, 0.29) is 24.4 Å². The van der Waals surface area contributed by atoms with Crippen molar-refractivity contribution in [2.45, 2.75) is 38.8 Å². The second-order valence-electron chi connectivity index (χ2n) is 8.46. The minimum absolute atomic E-state index is 0.100. The van der Waals surface area contributed by atoms with Crippen molar-refractivity contribution >= 4 is 34.9 Å². The highest BCUT2D eigenvalue weighted by Crippen LogP contribution is 2.27. The fourth-order valence-electron chi connectivity index (χ4n) is 3.33. The molecule has 0 saturated heterocycles. The number of rotatable bonds is 4. The van der Waals surface area contributed by atoms with Gasteiger partial charge in [0, 0.05) is 19.1 Å². The normalized spacial score (nSPS) is 17.5. The van der Waals surface area contributed by atoms with Crippen molar-refractivity contribution in [1.29, 1.82) is 0 Å². The minimum atomic E-state index is -0.802. The number of nitrogens with zero attached hydrogens (tertiary/aromatic N) is 2. The molecule has 1 aliphatic heterocycles. The van der Waals surface area contributed by atoms with Gasteiger partial charge in [-0.3, -0.25) is 9.59 Å². The highest BCUT2D eigenvalue weighted by Gasteiger charge is 2.36. The molecule has 4 amide bonds. The molecule has 30 heavy (non-hydrogen) atoms. The van der Waals surface area contributed by atoms with Crippen molar-refractivity contribution in [3.8, 4) is 0 Å². The van der Waals surface area contributed by atoms with Gasteiger partial charge < -0.3 is 20.4 Å². The lowest BCUT2D eigenvalue weighted by molar-refractivity contribution is -0.127. The van der Waals surface area contributed by atoms with Gasteiger partial charge in [0.2, 0.25) is 5.91 Å². The molecule has 1 aromatic heterocycles. The number of hydrogen-bond acceptors (Lipinski definition) is 4. The van der Waals surface area contributed by atoms with Crippen LogP contribution in [0.25, 0.3) is 0 Å². The van der Waals surface area contributed by atoms with Crippen LogP contribution in [-0.4, -0.2) is 59.4 Å². The number of fused-ring (bicyclic) bond motifs is 1. The summed E-state index contributed by atoms with van der Waals surface area (Å²) in [5.74, 6) is -0.524. The molecule has 0 aliphatic carbocycles. The third-order valence-electron chi connectivity index (χ3n) is 4.82. The Bertz CT molecular complexity index is 920. The number of carbonyl (C=O) groups excluding carboxylic acids is 3. The number of benzene rings is 1. The molecule has 0 saturated carbocycles. The molecule has 2 N–H and O–H groups in total. The molecule has 2 heterocycles. The van der Waals surface area contributed by atoms with Gasteiger partial charge in [0.15, 0.2) is 0 Å². The van der Waals surface area contributed by atoms with E-state index in [1.807, 2.05) is 51.1 Å². The summed E-state index contributed by atoms with van der Waals surface area (Å²) >= 11 is 1.26. The van der Waals surface area contributed by atoms with Crippen molar-refractivity contribution in [1.82, 2.24) is 15.1 Å². The monoisotopic (exact) mass is 428 g/mol. The molecule has 1 unspecified atom stereocenters. The Hall–Kier alpha value is -2.87. The molecule has 0 radical (unpaired) electrons. The van der Waals surface area contributed by atoms with E-state index in [0.717, 1.165) is 5.56 Å². The second kappa shape index (κ2) is 8.87. The van der Waals surface area contributed by atoms with Crippen molar-refractivity contribution in [3.05, 3.63) is 52.2 Å². The third kappa shape index (κ3) is 5.18. The summed E-state index contributed by atoms with van der Waals surface area (Å²) in [6.45, 7) is 6.14. The molecule has 0 fully saturated rings. The van der Waals surface area contributed by atoms with Gasteiger partial charge in [-0.05, 0) is 44.2 Å². The zero-order valence-electron chi connectivity index (χ0n) is 17.8. The highest BCUT2D eigenvalue weighted by molar-refractivity contribution is 7.12. The Labute approximate surface area is 181 Å². The van der Waals surface area contributed by atoms with Gasteiger partial charge >= 0.3 is 6.03 Å². The van der Waals surface area contributed by atoms with Crippen LogP contribution in [0.4, 0.5) is 10.5 Å². The van der Waals surface area contributed by atoms with E-state index in [4.69, 9.17) is 0 Å². The van der Waals surface area contributed by atoms with E-state index in [1.165, 1.54) is 16.2 Å². The maximum Gasteiger partial charge on any atom is 0.321 e. The van der Waals surface area contributed by atoms with Crippen LogP contribution in [0.1, 0.15) is 36.0 Å². The largest absolute Gasteiger partial charge is 0.350 e. The first-order valence-corrected chi connectivity index (χ1v) is 10.8. The lowest BCUT2D eigenvalue weighted by Crippen LogP contribution is -2.58. The number of carbonyl (C=O) groups is 3. The number of hydrogen-bond donors (Lipinski definition) is 2. The Morgan fingerprint density at radius 2 is 1.90 bits per heavy atom. The lowest BCUT2D eigenvalue weighted by atomic mass is 10.1. The highest BCUT2D eigenvalue weighted by atomic mass is 32.1. The van der Waals surface area contributed by atoms with Gasteiger partial charge in [-0.1, -0.05) is 30.3 Å². The van der Waals surface area contributed by atoms with E-state index in [1.54, 1.807) is 23.4 Å². The summed E-state index contributed by atoms with van der Waals surface area (Å²) in [5.41, 5.74) is 1.09. The molecular formula is C22H28N4O3S. The summed E-state index contributed by atoms with van der Waals surface area (Å²) in [6, 6.07) is 10.4. The number of anilines is 1. The topological polar surface area (TPSA) is 81.8 Å². The van der Waals surface area contributed by atoms with Gasteiger partial charge in [-0.25, -0.2) is 4.79 Å². The molecule has 3 rings (SSSR count). The zero-order valence-corrected chi connectivity index (χ0v) is 18.6. The van der Waals surface area contributed by atoms with E-state index in [9.17, 15) is 14.4 Å². The predicted octanol–water partition coefficient (Wildman–Crippen LogP) is 3.19. The number of urea groups is 1. The van der Waals surface area contributed by atoms with Crippen molar-refractivity contribution in [2.24, 2.45) is 0 Å². The van der Waals surface area contributed by atoms with Crippen LogP contribution in [0.2, 0.25) is 0 Å². The number of thiophene rings is 1. The molecule has 0 spiro atoms. The Kier molecular flexibility index (Phi) is 6.45. The summed E-state index contributed by atoms with van der Waals surface area (Å²) in [7, 11) is 1.63. The summed E-state index contributed by atoms with van der Waals surface area (Å²) in [4.78, 5) is 42.8. The summed E-state index contributed by atoms with van der Waals surface area (Å²) < 4.78 is 0. The first-order valence-electron chi connectivity index (χ1n) is 9.92. The molecule has 2 aromatic rings. The third-order valence-corrected chi connectivity index (χ3v) is 5.72. The van der Waals surface area contributed by atoms with Gasteiger partial charge in [-0.2, -0.15) is 0 Å². The lowest BCUT2D eigenvalue weighted by Gasteiger charge is -2.34. The summed E-state index contributed by atoms with van der Waals surface area (Å²) in [6.07, 6.45) is 0.609. The smallest absolute Gasteiger partial charge is 0.321 e. The number of nitrogens with one attached hydrogen (secondary N) is 2. The SMILES string of the molecule is CN1CC(C(=O)NC(C)(C)C)N(CCc2ccccc2)C(=O)c2sccc2NC1=O. The average Bonchev–Trinajstić information content (AvgIpc) is 3.14. The van der Waals surface area contributed by atoms with E-state index in [0.29, 0.717) is 23.5 Å². The fraction of sp³-hybridized carbons (Fsp3) is 0.409. The van der Waals surface area contributed by atoms with Crippen LogP contribution in [0.3, 0.4) is 0 Å². The Morgan fingerprint density at radius 1 is 1.20 bits per heavy atom. The molecule has 1 aliphatic rings. The van der Waals surface area contributed by atoms with Crippen molar-refractivity contribution in [2.75, 3.05) is 25.5 Å². The standard InChI is InChI=1S/C22H28N4O3S/c1-22(2,3)24-19(27)17-14-25(4)21(29)23-16-11-13-30-18(16)20(28)26(17)12-10-15-8-6-5-7-9-15/h5-9,11,13,17H,10,12,14H2,1-4H3,(H,23,29)(H,24,27). The molecular weight excluding hydrogens is 400 g/mol. The molecule has 0 bridgehead atoms. The van der Waals surface area contributed by atoms with Crippen molar-refractivity contribution in [3.63, 3.8) is 0 Å². The van der Waals surface area contributed by atoms with E-state index < -0.39 is 11.6 Å². The summed E-state index contributed by atoms with van der Waals surface area (Å²) in [5, 5.41) is 7.52. The maximum absolute atomic E-state index is 13.5. The first kappa shape index (κ1) is 21.8. The molecule has 160 valence electrons. The average molecular weight is 429 g/mol. The Balaban J connectivity index is 1.98. The second-order valence-corrected chi connectivity index (χ2v) is 9.38. The molecule has 1 atom stereocenters. The molecule has 7 nitrogen and oxygen atoms in total. The van der Waals surface area contributed by atoms with Crippen LogP contribution in [0.15, 0.2) is 41.8 Å². The van der Waals surface area contributed by atoms with Crippen LogP contribution in [0, 0.1) is 0 Å². The number of amides is 4. The van der Waals surface area contributed by atoms with Gasteiger partial charge in [0.25, 0.3) is 5.91 Å². The molecule has 1 aromatic carbocycles. The van der Waals surface area contributed by atoms with Crippen LogP contribution >= 0.6 is 11.3 Å². The minimum Gasteiger partial charge on any atom is -0.350 e. The van der Waals surface area contributed by atoms with Crippen molar-refractivity contribution < 1.29 is 14.4 Å². The Morgan fingerprint density at radius 3 is 2.57 bits per heavy atom. The van der Waals surface area contributed by atoms with Gasteiger partial charge in [0.05, 0.1) is 12.2 Å². The number of likely N-dealkylation sites (N-methyl/N-ethyl adjacent to an activating group) is 1. The first-order chi connectivity index (χ1) is 14.2. The fourth-order valence-corrected chi connectivity index (χ4v) is 4.13. The zero-order chi connectivity index (χ0) is 21.9. The van der Waals surface area contributed by atoms with Crippen LogP contribution < -0.4 is 10.6 Å². The van der Waals surface area contributed by atoms with Crippen LogP contribution in [0.5, 0.6) is 0 Å². The quantitative estimate of drug-likeness (QED) is 0.785. The van der Waals surface area contributed by atoms with Gasteiger partial charge in [0.1, 0.15) is 10.9 Å². The predicted molar refractivity (Wildman–Crippen MR) is 119 cm³/mol. The maximum atomic E-state index is 13.5. The van der Waals surface area contributed by atoms with Gasteiger partial charge in [-0.15, -0.1) is 11.3 Å². The molecule has 8 heteroatoms.